The number of rotatable bonds is 0. The van der Waals surface area contributed by atoms with Crippen LogP contribution in [0.3, 0.4) is 0 Å². The molecule has 2 aromatic heterocycles. The first kappa shape index (κ1) is 18.4. The summed E-state index contributed by atoms with van der Waals surface area (Å²) in [6, 6.07) is 8.46. The van der Waals surface area contributed by atoms with Gasteiger partial charge in [-0.05, 0) is 44.0 Å². The first-order valence-corrected chi connectivity index (χ1v) is 9.80. The van der Waals surface area contributed by atoms with Gasteiger partial charge in [0.2, 0.25) is 0 Å². The van der Waals surface area contributed by atoms with Gasteiger partial charge in [0.25, 0.3) is 0 Å². The number of nitrogen functional groups attached to an aromatic ring is 1. The van der Waals surface area contributed by atoms with Gasteiger partial charge in [-0.15, -0.1) is 0 Å². The summed E-state index contributed by atoms with van der Waals surface area (Å²) in [6.45, 7) is 1.81. The van der Waals surface area contributed by atoms with E-state index < -0.39 is 6.10 Å². The van der Waals surface area contributed by atoms with Crippen molar-refractivity contribution in [3.63, 3.8) is 0 Å². The molecule has 1 aliphatic carbocycles. The summed E-state index contributed by atoms with van der Waals surface area (Å²) < 4.78 is 27.8. The van der Waals surface area contributed by atoms with Crippen LogP contribution >= 0.6 is 0 Å². The summed E-state index contributed by atoms with van der Waals surface area (Å²) in [4.78, 5) is 4.28. The van der Waals surface area contributed by atoms with Crippen molar-refractivity contribution < 1.29 is 13.9 Å². The standard InChI is InChI=1S/C22H20FN5O2/c1-11-16-8-14(23)3-4-18(16)30-15-5-12(6-15)21-20(17(9-24)28(2)27-21)13-7-19(29-11)22(25)26-10-13/h3-4,7-8,10-12,15H,5-6H2,1-2H3,(H2,25,26). The van der Waals surface area contributed by atoms with E-state index >= 15 is 0 Å². The van der Waals surface area contributed by atoms with Gasteiger partial charge in [-0.2, -0.15) is 10.4 Å². The first-order valence-electron chi connectivity index (χ1n) is 9.80. The van der Waals surface area contributed by atoms with Gasteiger partial charge in [0.05, 0.1) is 5.69 Å². The minimum atomic E-state index is -0.518. The highest BCUT2D eigenvalue weighted by atomic mass is 19.1. The Morgan fingerprint density at radius 3 is 2.80 bits per heavy atom. The van der Waals surface area contributed by atoms with Crippen LogP contribution in [0.4, 0.5) is 10.2 Å². The Labute approximate surface area is 172 Å². The van der Waals surface area contributed by atoms with E-state index in [1.807, 2.05) is 6.92 Å². The highest BCUT2D eigenvalue weighted by Gasteiger charge is 2.38. The molecule has 152 valence electrons. The zero-order valence-electron chi connectivity index (χ0n) is 16.6. The number of nitrogens with two attached hydrogens (primary N) is 1. The van der Waals surface area contributed by atoms with Gasteiger partial charge < -0.3 is 15.2 Å². The molecule has 1 fully saturated rings. The molecular weight excluding hydrogens is 385 g/mol. The van der Waals surface area contributed by atoms with Crippen LogP contribution in [-0.4, -0.2) is 20.9 Å². The number of ether oxygens (including phenoxy) is 2. The maximum atomic E-state index is 14.0. The molecule has 3 aliphatic rings. The summed E-state index contributed by atoms with van der Waals surface area (Å²) in [5, 5.41) is 14.3. The van der Waals surface area contributed by atoms with Crippen LogP contribution in [0.25, 0.3) is 11.1 Å². The van der Waals surface area contributed by atoms with Crippen molar-refractivity contribution in [2.75, 3.05) is 5.73 Å². The van der Waals surface area contributed by atoms with E-state index in [9.17, 15) is 9.65 Å². The second-order valence-corrected chi connectivity index (χ2v) is 7.80. The van der Waals surface area contributed by atoms with Crippen LogP contribution in [0.2, 0.25) is 0 Å². The molecule has 0 radical (unpaired) electrons. The van der Waals surface area contributed by atoms with Crippen LogP contribution < -0.4 is 15.2 Å². The number of benzene rings is 1. The van der Waals surface area contributed by atoms with Crippen LogP contribution in [0.5, 0.6) is 11.5 Å². The minimum absolute atomic E-state index is 0.0149. The van der Waals surface area contributed by atoms with Gasteiger partial charge in [-0.25, -0.2) is 9.37 Å². The average Bonchev–Trinajstić information content (AvgIpc) is 3.02. The molecule has 1 atom stereocenters. The second-order valence-electron chi connectivity index (χ2n) is 7.80. The van der Waals surface area contributed by atoms with Crippen LogP contribution in [0.15, 0.2) is 30.5 Å². The molecule has 3 aromatic rings. The highest BCUT2D eigenvalue weighted by Crippen LogP contribution is 2.45. The number of nitriles is 1. The normalized spacial score (nSPS) is 21.9. The number of aryl methyl sites for hydroxylation is 1. The van der Waals surface area contributed by atoms with Gasteiger partial charge in [0, 0.05) is 35.9 Å². The Hall–Kier alpha value is -3.60. The van der Waals surface area contributed by atoms with Crippen molar-refractivity contribution >= 4 is 5.82 Å². The first-order chi connectivity index (χ1) is 14.4. The predicted octanol–water partition coefficient (Wildman–Crippen LogP) is 3.85. The second kappa shape index (κ2) is 6.73. The summed E-state index contributed by atoms with van der Waals surface area (Å²) in [6.07, 6.45) is 2.62. The molecule has 0 spiro atoms. The summed E-state index contributed by atoms with van der Waals surface area (Å²) in [7, 11) is 1.76. The van der Waals surface area contributed by atoms with Gasteiger partial charge in [0.15, 0.2) is 11.6 Å². The maximum absolute atomic E-state index is 14.0. The topological polar surface area (TPSA) is 99.0 Å². The number of halogens is 1. The fraction of sp³-hybridized carbons (Fsp3) is 0.318. The molecule has 8 heteroatoms. The Bertz CT molecular complexity index is 1190. The molecular formula is C22H20FN5O2. The van der Waals surface area contributed by atoms with E-state index in [1.54, 1.807) is 30.1 Å². The van der Waals surface area contributed by atoms with E-state index in [0.717, 1.165) is 24.1 Å². The van der Waals surface area contributed by atoms with Crippen LogP contribution in [-0.2, 0) is 7.05 Å². The summed E-state index contributed by atoms with van der Waals surface area (Å²) in [5.41, 5.74) is 9.44. The maximum Gasteiger partial charge on any atom is 0.166 e. The lowest BCUT2D eigenvalue weighted by atomic mass is 9.78. The van der Waals surface area contributed by atoms with E-state index in [2.05, 4.69) is 16.2 Å². The van der Waals surface area contributed by atoms with Crippen molar-refractivity contribution in [2.24, 2.45) is 7.05 Å². The SMILES string of the molecule is CC1Oc2cc(cnc2N)-c2c(nn(C)c2C#N)C2CC(C2)Oc2ccc(F)cc21. The van der Waals surface area contributed by atoms with Gasteiger partial charge in [-0.1, -0.05) is 0 Å². The molecule has 7 nitrogen and oxygen atoms in total. The molecule has 6 rings (SSSR count). The fourth-order valence-corrected chi connectivity index (χ4v) is 4.19. The van der Waals surface area contributed by atoms with Crippen molar-refractivity contribution in [1.29, 1.82) is 5.26 Å². The lowest BCUT2D eigenvalue weighted by molar-refractivity contribution is 0.0925. The Kier molecular flexibility index (Phi) is 4.13. The third kappa shape index (κ3) is 2.86. The fourth-order valence-electron chi connectivity index (χ4n) is 4.19. The molecule has 0 saturated heterocycles. The molecule has 2 N–H and O–H groups in total. The van der Waals surface area contributed by atoms with Crippen LogP contribution in [0.1, 0.15) is 48.7 Å². The summed E-state index contributed by atoms with van der Waals surface area (Å²) in [5.74, 6) is 0.961. The number of anilines is 1. The Morgan fingerprint density at radius 2 is 2.03 bits per heavy atom. The largest absolute Gasteiger partial charge is 0.490 e. The van der Waals surface area contributed by atoms with Gasteiger partial charge in [0.1, 0.15) is 35.5 Å². The van der Waals surface area contributed by atoms with Crippen molar-refractivity contribution in [1.82, 2.24) is 14.8 Å². The number of pyridine rings is 1. The quantitative estimate of drug-likeness (QED) is 0.610. The Morgan fingerprint density at radius 1 is 1.23 bits per heavy atom. The number of nitrogens with zero attached hydrogens (tertiary/aromatic N) is 4. The molecule has 4 bridgehead atoms. The van der Waals surface area contributed by atoms with Gasteiger partial charge >= 0.3 is 0 Å². The molecule has 1 saturated carbocycles. The number of aromatic nitrogens is 3. The third-order valence-corrected chi connectivity index (χ3v) is 5.84. The molecule has 1 aromatic carbocycles. The lowest BCUT2D eigenvalue weighted by Gasteiger charge is -2.35. The molecule has 30 heavy (non-hydrogen) atoms. The van der Waals surface area contributed by atoms with E-state index in [-0.39, 0.29) is 23.7 Å². The van der Waals surface area contributed by atoms with E-state index in [1.165, 1.54) is 12.1 Å². The smallest absolute Gasteiger partial charge is 0.166 e. The molecule has 2 aliphatic heterocycles. The zero-order valence-corrected chi connectivity index (χ0v) is 16.6. The highest BCUT2D eigenvalue weighted by molar-refractivity contribution is 5.74. The molecule has 0 amide bonds. The van der Waals surface area contributed by atoms with Crippen LogP contribution in [0, 0.1) is 17.1 Å². The molecule has 4 heterocycles. The van der Waals surface area contributed by atoms with Crippen molar-refractivity contribution in [3.05, 3.63) is 53.2 Å². The number of hydrogen-bond acceptors (Lipinski definition) is 6. The van der Waals surface area contributed by atoms with Crippen molar-refractivity contribution in [3.8, 4) is 28.7 Å². The van der Waals surface area contributed by atoms with Crippen molar-refractivity contribution in [2.45, 2.75) is 37.9 Å². The molecule has 1 unspecified atom stereocenters. The third-order valence-electron chi connectivity index (χ3n) is 5.84. The van der Waals surface area contributed by atoms with E-state index in [0.29, 0.717) is 28.3 Å². The summed E-state index contributed by atoms with van der Waals surface area (Å²) >= 11 is 0. The predicted molar refractivity (Wildman–Crippen MR) is 107 cm³/mol. The van der Waals surface area contributed by atoms with E-state index in [4.69, 9.17) is 15.2 Å². The number of fused-ring (bicyclic) bond motifs is 1. The lowest BCUT2D eigenvalue weighted by Crippen LogP contribution is -2.33. The Balaban J connectivity index is 1.69. The number of hydrogen-bond donors (Lipinski definition) is 1. The zero-order chi connectivity index (χ0) is 21.0. The monoisotopic (exact) mass is 405 g/mol. The van der Waals surface area contributed by atoms with Gasteiger partial charge in [-0.3, -0.25) is 4.68 Å². The minimum Gasteiger partial charge on any atom is -0.490 e. The average molecular weight is 405 g/mol.